The SMILES string of the molecule is CC(C)(C)c1ccc(C(=O)CCCN2CCC(Cc3ccccc3)CC2)cc1. The Morgan fingerprint density at radius 1 is 0.964 bits per heavy atom. The first-order valence-electron chi connectivity index (χ1n) is 10.8. The summed E-state index contributed by atoms with van der Waals surface area (Å²) in [4.78, 5) is 15.0. The van der Waals surface area contributed by atoms with E-state index in [1.165, 1.54) is 43.5 Å². The highest BCUT2D eigenvalue weighted by Crippen LogP contribution is 2.23. The second-order valence-electron chi connectivity index (χ2n) is 9.33. The maximum Gasteiger partial charge on any atom is 0.162 e. The zero-order valence-electron chi connectivity index (χ0n) is 17.8. The summed E-state index contributed by atoms with van der Waals surface area (Å²) in [5, 5.41) is 0. The van der Waals surface area contributed by atoms with E-state index in [4.69, 9.17) is 0 Å². The van der Waals surface area contributed by atoms with Crippen molar-refractivity contribution >= 4 is 5.78 Å². The molecule has 0 aliphatic carbocycles. The van der Waals surface area contributed by atoms with Crippen molar-refractivity contribution in [2.24, 2.45) is 5.92 Å². The zero-order chi connectivity index (χ0) is 20.0. The lowest BCUT2D eigenvalue weighted by molar-refractivity contribution is 0.0970. The van der Waals surface area contributed by atoms with Gasteiger partial charge in [0.2, 0.25) is 0 Å². The lowest BCUT2D eigenvalue weighted by Gasteiger charge is -2.32. The highest BCUT2D eigenvalue weighted by Gasteiger charge is 2.19. The zero-order valence-corrected chi connectivity index (χ0v) is 17.8. The van der Waals surface area contributed by atoms with Gasteiger partial charge in [0, 0.05) is 12.0 Å². The predicted molar refractivity (Wildman–Crippen MR) is 118 cm³/mol. The molecular weight excluding hydrogens is 342 g/mol. The fourth-order valence-electron chi connectivity index (χ4n) is 4.13. The Bertz CT molecular complexity index is 734. The van der Waals surface area contributed by atoms with Gasteiger partial charge in [0.1, 0.15) is 0 Å². The van der Waals surface area contributed by atoms with Crippen LogP contribution < -0.4 is 0 Å². The maximum atomic E-state index is 12.5. The number of Topliss-reactive ketones (excluding diaryl/α,β-unsaturated/α-hetero) is 1. The topological polar surface area (TPSA) is 20.3 Å². The minimum atomic E-state index is 0.133. The summed E-state index contributed by atoms with van der Waals surface area (Å²) < 4.78 is 0. The van der Waals surface area contributed by atoms with Gasteiger partial charge in [-0.2, -0.15) is 0 Å². The van der Waals surface area contributed by atoms with Crippen LogP contribution in [0.15, 0.2) is 54.6 Å². The third-order valence-corrected chi connectivity index (χ3v) is 6.03. The number of piperidine rings is 1. The van der Waals surface area contributed by atoms with Crippen molar-refractivity contribution in [2.45, 2.75) is 58.3 Å². The summed E-state index contributed by atoms with van der Waals surface area (Å²) in [5.41, 5.74) is 3.73. The summed E-state index contributed by atoms with van der Waals surface area (Å²) in [5.74, 6) is 1.08. The molecule has 28 heavy (non-hydrogen) atoms. The van der Waals surface area contributed by atoms with E-state index in [1.54, 1.807) is 0 Å². The van der Waals surface area contributed by atoms with E-state index in [9.17, 15) is 4.79 Å². The average molecular weight is 378 g/mol. The highest BCUT2D eigenvalue weighted by molar-refractivity contribution is 5.96. The molecule has 3 rings (SSSR count). The number of hydrogen-bond donors (Lipinski definition) is 0. The molecule has 1 fully saturated rings. The molecule has 2 aromatic rings. The molecule has 1 saturated heterocycles. The first kappa shape index (κ1) is 20.8. The fraction of sp³-hybridized carbons (Fsp3) is 0.500. The van der Waals surface area contributed by atoms with Crippen molar-refractivity contribution < 1.29 is 4.79 Å². The average Bonchev–Trinajstić information content (AvgIpc) is 2.69. The molecule has 1 aliphatic rings. The van der Waals surface area contributed by atoms with E-state index in [2.05, 4.69) is 68.1 Å². The van der Waals surface area contributed by atoms with Crippen molar-refractivity contribution in [2.75, 3.05) is 19.6 Å². The summed E-state index contributed by atoms with van der Waals surface area (Å²) in [7, 11) is 0. The molecule has 0 atom stereocenters. The van der Waals surface area contributed by atoms with Gasteiger partial charge in [0.05, 0.1) is 0 Å². The van der Waals surface area contributed by atoms with Gasteiger partial charge in [0.25, 0.3) is 0 Å². The molecule has 0 saturated carbocycles. The number of carbonyl (C=O) groups excluding carboxylic acids is 1. The van der Waals surface area contributed by atoms with Crippen LogP contribution in [-0.2, 0) is 11.8 Å². The Morgan fingerprint density at radius 2 is 1.61 bits per heavy atom. The first-order chi connectivity index (χ1) is 13.4. The number of likely N-dealkylation sites (tertiary alicyclic amines) is 1. The Hall–Kier alpha value is -1.93. The fourth-order valence-corrected chi connectivity index (χ4v) is 4.13. The van der Waals surface area contributed by atoms with Gasteiger partial charge >= 0.3 is 0 Å². The molecule has 0 radical (unpaired) electrons. The Morgan fingerprint density at radius 3 is 2.21 bits per heavy atom. The molecule has 0 spiro atoms. The van der Waals surface area contributed by atoms with E-state index in [0.29, 0.717) is 6.42 Å². The molecule has 1 aliphatic heterocycles. The normalized spacial score (nSPS) is 16.2. The molecule has 150 valence electrons. The van der Waals surface area contributed by atoms with Crippen LogP contribution in [0, 0.1) is 5.92 Å². The molecule has 2 aromatic carbocycles. The van der Waals surface area contributed by atoms with Crippen molar-refractivity contribution in [1.29, 1.82) is 0 Å². The van der Waals surface area contributed by atoms with E-state index in [-0.39, 0.29) is 11.2 Å². The summed E-state index contributed by atoms with van der Waals surface area (Å²) >= 11 is 0. The van der Waals surface area contributed by atoms with Gasteiger partial charge in [-0.25, -0.2) is 0 Å². The number of carbonyl (C=O) groups is 1. The lowest BCUT2D eigenvalue weighted by atomic mass is 9.86. The third-order valence-electron chi connectivity index (χ3n) is 6.03. The molecule has 0 unspecified atom stereocenters. The summed E-state index contributed by atoms with van der Waals surface area (Å²) in [6.07, 6.45) is 5.37. The number of benzene rings is 2. The van der Waals surface area contributed by atoms with E-state index in [1.807, 2.05) is 12.1 Å². The Balaban J connectivity index is 1.37. The van der Waals surface area contributed by atoms with Crippen molar-refractivity contribution in [3.8, 4) is 0 Å². The van der Waals surface area contributed by atoms with Crippen molar-refractivity contribution in [3.05, 3.63) is 71.3 Å². The predicted octanol–water partition coefficient (Wildman–Crippen LogP) is 5.90. The number of ketones is 1. The molecule has 0 N–H and O–H groups in total. The summed E-state index contributed by atoms with van der Waals surface area (Å²) in [6.45, 7) is 9.99. The van der Waals surface area contributed by atoms with Gasteiger partial charge < -0.3 is 4.90 Å². The first-order valence-corrected chi connectivity index (χ1v) is 10.8. The van der Waals surface area contributed by atoms with Crippen molar-refractivity contribution in [3.63, 3.8) is 0 Å². The van der Waals surface area contributed by atoms with Gasteiger partial charge in [-0.05, 0) is 67.8 Å². The minimum absolute atomic E-state index is 0.133. The van der Waals surface area contributed by atoms with Gasteiger partial charge in [-0.1, -0.05) is 75.4 Å². The van der Waals surface area contributed by atoms with Crippen LogP contribution in [0.3, 0.4) is 0 Å². The standard InChI is InChI=1S/C26H35NO/c1-26(2,3)24-13-11-23(12-14-24)25(28)10-7-17-27-18-15-22(16-19-27)20-21-8-5-4-6-9-21/h4-6,8-9,11-14,22H,7,10,15-20H2,1-3H3. The smallest absolute Gasteiger partial charge is 0.162 e. The number of nitrogens with zero attached hydrogens (tertiary/aromatic N) is 1. The molecule has 1 heterocycles. The Labute approximate surface area is 171 Å². The minimum Gasteiger partial charge on any atom is -0.303 e. The molecule has 2 nitrogen and oxygen atoms in total. The van der Waals surface area contributed by atoms with Crippen LogP contribution in [0.2, 0.25) is 0 Å². The maximum absolute atomic E-state index is 12.5. The van der Waals surface area contributed by atoms with Gasteiger partial charge in [-0.15, -0.1) is 0 Å². The van der Waals surface area contributed by atoms with Crippen LogP contribution in [0.5, 0.6) is 0 Å². The van der Waals surface area contributed by atoms with Crippen molar-refractivity contribution in [1.82, 2.24) is 4.90 Å². The van der Waals surface area contributed by atoms with Crippen LogP contribution in [0.1, 0.15) is 67.9 Å². The highest BCUT2D eigenvalue weighted by atomic mass is 16.1. The monoisotopic (exact) mass is 377 g/mol. The van der Waals surface area contributed by atoms with E-state index >= 15 is 0 Å². The molecule has 0 amide bonds. The quantitative estimate of drug-likeness (QED) is 0.560. The van der Waals surface area contributed by atoms with Crippen LogP contribution in [0.25, 0.3) is 0 Å². The van der Waals surface area contributed by atoms with Crippen LogP contribution in [-0.4, -0.2) is 30.3 Å². The van der Waals surface area contributed by atoms with E-state index < -0.39 is 0 Å². The summed E-state index contributed by atoms with van der Waals surface area (Å²) in [6, 6.07) is 19.0. The second kappa shape index (κ2) is 9.52. The molecule has 0 bridgehead atoms. The Kier molecular flexibility index (Phi) is 7.07. The number of rotatable bonds is 7. The lowest BCUT2D eigenvalue weighted by Crippen LogP contribution is -2.35. The van der Waals surface area contributed by atoms with Gasteiger partial charge in [-0.3, -0.25) is 4.79 Å². The number of hydrogen-bond acceptors (Lipinski definition) is 2. The molecule has 2 heteroatoms. The molecular formula is C26H35NO. The van der Waals surface area contributed by atoms with E-state index in [0.717, 1.165) is 24.4 Å². The van der Waals surface area contributed by atoms with Crippen LogP contribution in [0.4, 0.5) is 0 Å². The molecule has 0 aromatic heterocycles. The second-order valence-corrected chi connectivity index (χ2v) is 9.33. The third kappa shape index (κ3) is 6.04. The largest absolute Gasteiger partial charge is 0.303 e. The van der Waals surface area contributed by atoms with Crippen LogP contribution >= 0.6 is 0 Å². The van der Waals surface area contributed by atoms with Gasteiger partial charge in [0.15, 0.2) is 5.78 Å².